The summed E-state index contributed by atoms with van der Waals surface area (Å²) in [6.45, 7) is 15.0. The van der Waals surface area contributed by atoms with E-state index in [-0.39, 0.29) is 23.7 Å². The number of sulfonamides is 1. The second-order valence-electron chi connectivity index (χ2n) is 13.7. The number of carbonyl (C=O) groups excluding carboxylic acids is 2. The van der Waals surface area contributed by atoms with Gasteiger partial charge in [0.15, 0.2) is 0 Å². The summed E-state index contributed by atoms with van der Waals surface area (Å²) in [5, 5.41) is 2.91. The number of amides is 2. The van der Waals surface area contributed by atoms with Crippen LogP contribution in [0.15, 0.2) is 36.4 Å². The zero-order valence-corrected chi connectivity index (χ0v) is 30.3. The molecule has 0 atom stereocenters. The summed E-state index contributed by atoms with van der Waals surface area (Å²) in [7, 11) is -0.311. The number of nitrogens with zero attached hydrogens (tertiary/aromatic N) is 5. The van der Waals surface area contributed by atoms with Crippen LogP contribution < -0.4 is 19.4 Å². The van der Waals surface area contributed by atoms with Gasteiger partial charge in [0.25, 0.3) is 0 Å². The van der Waals surface area contributed by atoms with Crippen LogP contribution >= 0.6 is 0 Å². The van der Waals surface area contributed by atoms with Crippen molar-refractivity contribution in [3.63, 3.8) is 0 Å². The number of benzene rings is 2. The van der Waals surface area contributed by atoms with Gasteiger partial charge in [-0.3, -0.25) is 4.31 Å². The molecule has 268 valence electrons. The number of rotatable bonds is 5. The van der Waals surface area contributed by atoms with Crippen molar-refractivity contribution < 1.29 is 36.3 Å². The molecule has 0 aliphatic carbocycles. The Kier molecular flexibility index (Phi) is 12.4. The highest BCUT2D eigenvalue weighted by Crippen LogP contribution is 2.27. The van der Waals surface area contributed by atoms with E-state index in [1.165, 1.54) is 19.2 Å². The lowest BCUT2D eigenvalue weighted by atomic mass is 10.2. The highest BCUT2D eigenvalue weighted by Gasteiger charge is 2.28. The third-order valence-corrected chi connectivity index (χ3v) is 8.78. The molecule has 2 fully saturated rings. The molecule has 12 nitrogen and oxygen atoms in total. The van der Waals surface area contributed by atoms with Crippen molar-refractivity contribution in [2.75, 3.05) is 92.1 Å². The maximum absolute atomic E-state index is 14.5. The van der Waals surface area contributed by atoms with E-state index in [4.69, 9.17) is 9.47 Å². The first-order valence-electron chi connectivity index (χ1n) is 15.8. The molecule has 0 aromatic heterocycles. The first-order chi connectivity index (χ1) is 22.2. The van der Waals surface area contributed by atoms with Gasteiger partial charge in [-0.15, -0.1) is 0 Å². The number of hydrogen-bond acceptors (Lipinski definition) is 9. The van der Waals surface area contributed by atoms with Crippen LogP contribution in [0.2, 0.25) is 0 Å². The molecule has 0 saturated carbocycles. The SMILES string of the molecule is CN(c1ccc(N2CCN(C(=O)OC(C)(C)C)CC2)c(F)c1)S(C)(=O)=O.CNc1ccc(N2CCN(C(=O)OC(C)(C)C)CC2)c(F)c1. The first-order valence-corrected chi connectivity index (χ1v) is 17.7. The van der Waals surface area contributed by atoms with Gasteiger partial charge < -0.3 is 34.4 Å². The van der Waals surface area contributed by atoms with Crippen molar-refractivity contribution in [2.24, 2.45) is 0 Å². The molecular weight excluding hydrogens is 646 g/mol. The van der Waals surface area contributed by atoms with E-state index in [1.807, 2.05) is 57.4 Å². The summed E-state index contributed by atoms with van der Waals surface area (Å²) in [5.74, 6) is -0.749. The Bertz CT molecular complexity index is 1530. The summed E-state index contributed by atoms with van der Waals surface area (Å²) in [6, 6.07) is 9.43. The molecule has 2 aliphatic heterocycles. The Morgan fingerprint density at radius 3 is 1.46 bits per heavy atom. The molecule has 2 aromatic rings. The number of anilines is 4. The molecular formula is C33H50F2N6O6S. The Morgan fingerprint density at radius 2 is 1.12 bits per heavy atom. The maximum atomic E-state index is 14.5. The van der Waals surface area contributed by atoms with E-state index in [0.717, 1.165) is 16.2 Å². The second-order valence-corrected chi connectivity index (χ2v) is 15.7. The zero-order valence-electron chi connectivity index (χ0n) is 29.5. The number of piperazine rings is 2. The molecule has 0 spiro atoms. The summed E-state index contributed by atoms with van der Waals surface area (Å²) in [6.07, 6.45) is 0.384. The van der Waals surface area contributed by atoms with Gasteiger partial charge in [0.2, 0.25) is 10.0 Å². The molecule has 2 amide bonds. The molecule has 2 heterocycles. The Labute approximate surface area is 283 Å². The lowest BCUT2D eigenvalue weighted by Gasteiger charge is -2.37. The van der Waals surface area contributed by atoms with Crippen LogP contribution in [-0.4, -0.2) is 114 Å². The predicted molar refractivity (Wildman–Crippen MR) is 186 cm³/mol. The fraction of sp³-hybridized carbons (Fsp3) is 0.576. The average molecular weight is 697 g/mol. The third-order valence-electron chi connectivity index (χ3n) is 7.57. The molecule has 2 saturated heterocycles. The maximum Gasteiger partial charge on any atom is 0.410 e. The van der Waals surface area contributed by atoms with Gasteiger partial charge in [-0.25, -0.2) is 26.8 Å². The fourth-order valence-electron chi connectivity index (χ4n) is 4.97. The predicted octanol–water partition coefficient (Wildman–Crippen LogP) is 5.20. The average Bonchev–Trinajstić information content (AvgIpc) is 2.99. The molecule has 2 aliphatic rings. The minimum Gasteiger partial charge on any atom is -0.444 e. The van der Waals surface area contributed by atoms with E-state index < -0.39 is 27.0 Å². The van der Waals surface area contributed by atoms with Crippen LogP contribution in [0.5, 0.6) is 0 Å². The first kappa shape index (κ1) is 38.4. The summed E-state index contributed by atoms with van der Waals surface area (Å²) >= 11 is 0. The van der Waals surface area contributed by atoms with Gasteiger partial charge >= 0.3 is 12.2 Å². The number of hydrogen-bond donors (Lipinski definition) is 1. The van der Waals surface area contributed by atoms with Gasteiger partial charge in [-0.05, 0) is 71.9 Å². The summed E-state index contributed by atoms with van der Waals surface area (Å²) in [4.78, 5) is 31.2. The summed E-state index contributed by atoms with van der Waals surface area (Å²) in [5.41, 5.74) is 0.919. The van der Waals surface area contributed by atoms with Gasteiger partial charge in [-0.1, -0.05) is 0 Å². The molecule has 1 N–H and O–H groups in total. The number of ether oxygens (including phenoxy) is 2. The minimum absolute atomic E-state index is 0.252. The van der Waals surface area contributed by atoms with Gasteiger partial charge in [0.05, 0.1) is 23.3 Å². The largest absolute Gasteiger partial charge is 0.444 e. The zero-order chi connectivity index (χ0) is 36.0. The van der Waals surface area contributed by atoms with Crippen molar-refractivity contribution in [2.45, 2.75) is 52.7 Å². The number of nitrogens with one attached hydrogen (secondary N) is 1. The normalized spacial score (nSPS) is 15.7. The topological polar surface area (TPSA) is 115 Å². The molecule has 2 aromatic carbocycles. The molecule has 0 bridgehead atoms. The van der Waals surface area contributed by atoms with Crippen LogP contribution in [0.25, 0.3) is 0 Å². The minimum atomic E-state index is -3.45. The summed E-state index contributed by atoms with van der Waals surface area (Å²) < 4.78 is 63.5. The molecule has 0 unspecified atom stereocenters. The van der Waals surface area contributed by atoms with Crippen LogP contribution in [0.3, 0.4) is 0 Å². The molecule has 0 radical (unpaired) electrons. The van der Waals surface area contributed by atoms with E-state index in [9.17, 15) is 26.8 Å². The third kappa shape index (κ3) is 11.0. The standard InChI is InChI=1S/C17H26FN3O4S.C16H24FN3O2/c1-17(2,3)25-16(22)21-10-8-20(9-11-21)15-7-6-13(12-14(15)18)19(4)26(5,23)24;1-16(2,3)22-15(21)20-9-7-19(8-10-20)14-6-5-12(18-4)11-13(14)17/h6-7,12H,8-11H2,1-5H3;5-6,11,18H,7-10H2,1-4H3. The quantitative estimate of drug-likeness (QED) is 0.451. The Hall–Kier alpha value is -4.01. The van der Waals surface area contributed by atoms with Gasteiger partial charge in [0, 0.05) is 78.2 Å². The fourth-order valence-corrected chi connectivity index (χ4v) is 5.47. The van der Waals surface area contributed by atoms with Crippen LogP contribution in [0.1, 0.15) is 41.5 Å². The lowest BCUT2D eigenvalue weighted by Crippen LogP contribution is -2.50. The van der Waals surface area contributed by atoms with Gasteiger partial charge in [0.1, 0.15) is 22.8 Å². The highest BCUT2D eigenvalue weighted by molar-refractivity contribution is 7.92. The molecule has 4 rings (SSSR count). The number of carbonyl (C=O) groups is 2. The second kappa shape index (κ2) is 15.5. The van der Waals surface area contributed by atoms with Crippen molar-refractivity contribution in [1.29, 1.82) is 0 Å². The van der Waals surface area contributed by atoms with E-state index in [2.05, 4.69) is 5.32 Å². The van der Waals surface area contributed by atoms with Crippen LogP contribution in [-0.2, 0) is 19.5 Å². The van der Waals surface area contributed by atoms with E-state index in [0.29, 0.717) is 63.7 Å². The van der Waals surface area contributed by atoms with Crippen LogP contribution in [0, 0.1) is 11.6 Å². The Morgan fingerprint density at radius 1 is 0.729 bits per heavy atom. The molecule has 15 heteroatoms. The monoisotopic (exact) mass is 696 g/mol. The van der Waals surface area contributed by atoms with Crippen molar-refractivity contribution >= 4 is 45.0 Å². The highest BCUT2D eigenvalue weighted by atomic mass is 32.2. The van der Waals surface area contributed by atoms with Gasteiger partial charge in [-0.2, -0.15) is 0 Å². The number of halogens is 2. The van der Waals surface area contributed by atoms with Crippen LogP contribution in [0.4, 0.5) is 41.1 Å². The smallest absolute Gasteiger partial charge is 0.410 e. The van der Waals surface area contributed by atoms with Crippen molar-refractivity contribution in [3.05, 3.63) is 48.0 Å². The van der Waals surface area contributed by atoms with E-state index >= 15 is 0 Å². The molecule has 48 heavy (non-hydrogen) atoms. The Balaban J connectivity index is 0.000000264. The van der Waals surface area contributed by atoms with Crippen molar-refractivity contribution in [1.82, 2.24) is 9.80 Å². The lowest BCUT2D eigenvalue weighted by molar-refractivity contribution is 0.0230. The van der Waals surface area contributed by atoms with Crippen molar-refractivity contribution in [3.8, 4) is 0 Å². The van der Waals surface area contributed by atoms with E-state index in [1.54, 1.807) is 35.0 Å².